The smallest absolute Gasteiger partial charge is 0.0983 e. The van der Waals surface area contributed by atoms with Gasteiger partial charge < -0.3 is 13.9 Å². The second-order valence-corrected chi connectivity index (χ2v) is 16.1. The van der Waals surface area contributed by atoms with Crippen LogP contribution in [0.4, 0.5) is 0 Å². The van der Waals surface area contributed by atoms with Gasteiger partial charge in [-0.25, -0.2) is 0 Å². The van der Waals surface area contributed by atoms with Crippen molar-refractivity contribution >= 4 is 14.3 Å². The summed E-state index contributed by atoms with van der Waals surface area (Å²) in [6, 6.07) is 40.3. The molecular weight excluding hydrogens is 494 g/mol. The third kappa shape index (κ3) is 9.28. The molecule has 0 spiro atoms. The third-order valence-electron chi connectivity index (χ3n) is 6.54. The van der Waals surface area contributed by atoms with Crippen LogP contribution in [0, 0.1) is 0 Å². The number of benzene rings is 4. The molecule has 0 aromatic heterocycles. The van der Waals surface area contributed by atoms with E-state index in [4.69, 9.17) is 4.74 Å². The van der Waals surface area contributed by atoms with Crippen molar-refractivity contribution in [1.29, 1.82) is 0 Å². The molecule has 0 heterocycles. The Hall–Kier alpha value is -2.70. The summed E-state index contributed by atoms with van der Waals surface area (Å²) in [4.78, 5) is 0. The zero-order chi connectivity index (χ0) is 25.8. The van der Waals surface area contributed by atoms with E-state index in [2.05, 4.69) is 0 Å². The Balaban J connectivity index is 1.37. The second kappa shape index (κ2) is 13.7. The van der Waals surface area contributed by atoms with E-state index in [0.29, 0.717) is 50.2 Å². The van der Waals surface area contributed by atoms with Crippen molar-refractivity contribution in [2.24, 2.45) is 0 Å². The van der Waals surface area contributed by atoms with Crippen LogP contribution in [0.3, 0.4) is 0 Å². The highest BCUT2D eigenvalue weighted by Gasteiger charge is 2.25. The van der Waals surface area contributed by atoms with E-state index >= 15 is 0 Å². The molecule has 0 bridgehead atoms. The minimum atomic E-state index is -2.55. The van der Waals surface area contributed by atoms with E-state index in [0.717, 1.165) is 22.3 Å². The van der Waals surface area contributed by atoms with E-state index < -0.39 is 14.3 Å². The molecule has 0 aliphatic heterocycles. The Morgan fingerprint density at radius 3 is 0.892 bits per heavy atom. The van der Waals surface area contributed by atoms with Crippen molar-refractivity contribution in [3.05, 3.63) is 144 Å². The molecule has 0 N–H and O–H groups in total. The lowest BCUT2D eigenvalue weighted by Gasteiger charge is -2.21. The molecule has 0 amide bonds. The molecule has 0 unspecified atom stereocenters. The topological polar surface area (TPSA) is 43.4 Å². The van der Waals surface area contributed by atoms with Crippen LogP contribution in [0.5, 0.6) is 0 Å². The van der Waals surface area contributed by atoms with Gasteiger partial charge in [0, 0.05) is 37.0 Å². The van der Waals surface area contributed by atoms with Gasteiger partial charge in [0.2, 0.25) is 0 Å². The van der Waals surface area contributed by atoms with Gasteiger partial charge in [-0.2, -0.15) is 0 Å². The van der Waals surface area contributed by atoms with Crippen molar-refractivity contribution in [2.75, 3.05) is 25.5 Å². The lowest BCUT2D eigenvalue weighted by Crippen LogP contribution is -2.10. The molecular formula is C32H36O3P2. The van der Waals surface area contributed by atoms with Crippen LogP contribution in [-0.4, -0.2) is 25.5 Å². The molecule has 0 fully saturated rings. The van der Waals surface area contributed by atoms with Crippen LogP contribution < -0.4 is 0 Å². The van der Waals surface area contributed by atoms with Crippen molar-refractivity contribution < 1.29 is 13.9 Å². The first kappa shape index (κ1) is 27.3. The van der Waals surface area contributed by atoms with Crippen LogP contribution in [0.25, 0.3) is 0 Å². The van der Waals surface area contributed by atoms with E-state index in [1.54, 1.807) is 0 Å². The van der Waals surface area contributed by atoms with E-state index in [1.807, 2.05) is 121 Å². The molecule has 0 saturated heterocycles. The Morgan fingerprint density at radius 1 is 0.405 bits per heavy atom. The molecule has 5 heteroatoms. The summed E-state index contributed by atoms with van der Waals surface area (Å²) >= 11 is 0. The minimum absolute atomic E-state index is 0.410. The summed E-state index contributed by atoms with van der Waals surface area (Å²) in [5.41, 5.74) is 4.38. The standard InChI is InChI=1S/C32H36O3P2/c33-36(25-29-13-5-1-6-14-29,26-30-15-7-2-8-16-30)23-21-35-22-24-37(34,27-31-17-9-3-10-18-31)28-32-19-11-4-12-20-32/h1-20H,21-28H2. The second-order valence-electron chi connectivity index (χ2n) is 9.75. The summed E-state index contributed by atoms with van der Waals surface area (Å²) in [6.07, 6.45) is 3.27. The SMILES string of the molecule is O=P(CCOCCP(=O)(Cc1ccccc1)Cc1ccccc1)(Cc1ccccc1)Cc1ccccc1. The molecule has 0 aliphatic rings. The predicted molar refractivity (Wildman–Crippen MR) is 156 cm³/mol. The summed E-state index contributed by atoms with van der Waals surface area (Å²) in [5.74, 6) is 0. The molecule has 4 aromatic carbocycles. The summed E-state index contributed by atoms with van der Waals surface area (Å²) in [5, 5.41) is 0. The van der Waals surface area contributed by atoms with Crippen LogP contribution in [-0.2, 0) is 38.5 Å². The average molecular weight is 531 g/mol. The molecule has 3 nitrogen and oxygen atoms in total. The van der Waals surface area contributed by atoms with Crippen LogP contribution >= 0.6 is 14.3 Å². The molecule has 4 rings (SSSR count). The third-order valence-corrected chi connectivity index (χ3v) is 12.3. The summed E-state index contributed by atoms with van der Waals surface area (Å²) in [6.45, 7) is 0.821. The molecule has 192 valence electrons. The lowest BCUT2D eigenvalue weighted by molar-refractivity contribution is 0.164. The van der Waals surface area contributed by atoms with Crippen molar-refractivity contribution in [2.45, 2.75) is 24.6 Å². The predicted octanol–water partition coefficient (Wildman–Crippen LogP) is 8.53. The maximum absolute atomic E-state index is 14.1. The quantitative estimate of drug-likeness (QED) is 0.121. The first-order valence-corrected chi connectivity index (χ1v) is 17.4. The average Bonchev–Trinajstić information content (AvgIpc) is 2.90. The molecule has 0 radical (unpaired) electrons. The van der Waals surface area contributed by atoms with Gasteiger partial charge in [0.25, 0.3) is 0 Å². The fourth-order valence-corrected chi connectivity index (χ4v) is 9.94. The zero-order valence-electron chi connectivity index (χ0n) is 21.3. The Bertz CT molecular complexity index is 1100. The van der Waals surface area contributed by atoms with Crippen LogP contribution in [0.1, 0.15) is 22.3 Å². The van der Waals surface area contributed by atoms with Gasteiger partial charge in [0.05, 0.1) is 27.5 Å². The van der Waals surface area contributed by atoms with E-state index in [1.165, 1.54) is 0 Å². The van der Waals surface area contributed by atoms with Gasteiger partial charge in [-0.15, -0.1) is 0 Å². The van der Waals surface area contributed by atoms with Gasteiger partial charge >= 0.3 is 0 Å². The fourth-order valence-electron chi connectivity index (χ4n) is 4.66. The van der Waals surface area contributed by atoms with Gasteiger partial charge in [0.15, 0.2) is 0 Å². The highest BCUT2D eigenvalue weighted by molar-refractivity contribution is 7.62. The number of hydrogen-bond acceptors (Lipinski definition) is 3. The van der Waals surface area contributed by atoms with Crippen LogP contribution in [0.15, 0.2) is 121 Å². The number of rotatable bonds is 14. The monoisotopic (exact) mass is 530 g/mol. The largest absolute Gasteiger partial charge is 0.380 e. The Morgan fingerprint density at radius 2 is 0.649 bits per heavy atom. The first-order chi connectivity index (χ1) is 18.0. The highest BCUT2D eigenvalue weighted by atomic mass is 31.2. The molecule has 4 aromatic rings. The number of ether oxygens (including phenoxy) is 1. The minimum Gasteiger partial charge on any atom is -0.380 e. The van der Waals surface area contributed by atoms with Gasteiger partial charge in [-0.1, -0.05) is 121 Å². The number of hydrogen-bond donors (Lipinski definition) is 0. The van der Waals surface area contributed by atoms with Crippen molar-refractivity contribution in [3.63, 3.8) is 0 Å². The normalized spacial score (nSPS) is 11.9. The Kier molecular flexibility index (Phi) is 10.1. The van der Waals surface area contributed by atoms with Crippen LogP contribution in [0.2, 0.25) is 0 Å². The highest BCUT2D eigenvalue weighted by Crippen LogP contribution is 2.53. The lowest BCUT2D eigenvalue weighted by atomic mass is 10.2. The van der Waals surface area contributed by atoms with Gasteiger partial charge in [-0.3, -0.25) is 0 Å². The van der Waals surface area contributed by atoms with E-state index in [9.17, 15) is 9.13 Å². The fraction of sp³-hybridized carbons (Fsp3) is 0.250. The van der Waals surface area contributed by atoms with Crippen molar-refractivity contribution in [1.82, 2.24) is 0 Å². The van der Waals surface area contributed by atoms with Gasteiger partial charge in [0.1, 0.15) is 0 Å². The molecule has 0 aliphatic carbocycles. The van der Waals surface area contributed by atoms with E-state index in [-0.39, 0.29) is 0 Å². The van der Waals surface area contributed by atoms with Gasteiger partial charge in [-0.05, 0) is 22.3 Å². The first-order valence-electron chi connectivity index (χ1n) is 12.9. The molecule has 0 saturated carbocycles. The summed E-state index contributed by atoms with van der Waals surface area (Å²) < 4.78 is 34.2. The Labute approximate surface area is 221 Å². The molecule has 37 heavy (non-hydrogen) atoms. The maximum atomic E-state index is 14.1. The molecule has 0 atom stereocenters. The maximum Gasteiger partial charge on any atom is 0.0983 e. The zero-order valence-corrected chi connectivity index (χ0v) is 23.1. The summed E-state index contributed by atoms with van der Waals surface area (Å²) in [7, 11) is -5.10. The van der Waals surface area contributed by atoms with Crippen molar-refractivity contribution in [3.8, 4) is 0 Å².